The number of rotatable bonds is 13. The van der Waals surface area contributed by atoms with Gasteiger partial charge in [-0.05, 0) is 67.1 Å². The standard InChI is InChI=1S/C28H29ClN2O9S/c1-4-6-11-39-27(35)19-14-18(8-9-20(19)29)30-24(32)15-31-26(34)23(41-28(31)36)13-17-7-10-21(22(12-17)38-5-2)40-16-25(33)37-3/h7-10,12-14H,4-6,11,15-16H2,1-3H3,(H,30,32)/b23-13+. The number of unbranched alkanes of at least 4 members (excludes halogenated alkanes) is 1. The molecular formula is C28H29ClN2O9S. The lowest BCUT2D eigenvalue weighted by molar-refractivity contribution is -0.143. The molecule has 0 spiro atoms. The number of halogens is 1. The van der Waals surface area contributed by atoms with Crippen molar-refractivity contribution in [3.05, 3.63) is 57.5 Å². The molecule has 0 bridgehead atoms. The molecule has 1 aliphatic rings. The van der Waals surface area contributed by atoms with Crippen molar-refractivity contribution in [1.29, 1.82) is 0 Å². The van der Waals surface area contributed by atoms with Crippen LogP contribution in [0, 0.1) is 0 Å². The molecule has 0 unspecified atom stereocenters. The third kappa shape index (κ3) is 8.73. The molecule has 1 heterocycles. The Hall–Kier alpha value is -4.03. The van der Waals surface area contributed by atoms with Gasteiger partial charge in [-0.1, -0.05) is 31.0 Å². The maximum atomic E-state index is 13.0. The SMILES string of the molecule is CCCCOC(=O)c1cc(NC(=O)CN2C(=O)S/C(=C/c3ccc(OCC(=O)OC)c(OCC)c3)C2=O)ccc1Cl. The smallest absolute Gasteiger partial charge is 0.343 e. The Morgan fingerprint density at radius 1 is 1.05 bits per heavy atom. The molecular weight excluding hydrogens is 576 g/mol. The Balaban J connectivity index is 1.68. The van der Waals surface area contributed by atoms with Gasteiger partial charge < -0.3 is 24.3 Å². The number of imide groups is 1. The van der Waals surface area contributed by atoms with Gasteiger partial charge in [-0.25, -0.2) is 9.59 Å². The van der Waals surface area contributed by atoms with E-state index in [9.17, 15) is 24.0 Å². The molecule has 0 atom stereocenters. The fourth-order valence-corrected chi connectivity index (χ4v) is 4.51. The van der Waals surface area contributed by atoms with Gasteiger partial charge >= 0.3 is 11.9 Å². The highest BCUT2D eigenvalue weighted by Crippen LogP contribution is 2.35. The lowest BCUT2D eigenvalue weighted by atomic mass is 10.2. The van der Waals surface area contributed by atoms with E-state index in [-0.39, 0.29) is 34.4 Å². The fraction of sp³-hybridized carbons (Fsp3) is 0.321. The summed E-state index contributed by atoms with van der Waals surface area (Å²) in [6, 6.07) is 9.10. The quantitative estimate of drug-likeness (QED) is 0.190. The maximum Gasteiger partial charge on any atom is 0.343 e. The molecule has 0 saturated carbocycles. The molecule has 2 aromatic carbocycles. The molecule has 1 N–H and O–H groups in total. The molecule has 1 aliphatic heterocycles. The highest BCUT2D eigenvalue weighted by atomic mass is 35.5. The first-order chi connectivity index (χ1) is 19.7. The summed E-state index contributed by atoms with van der Waals surface area (Å²) in [5.74, 6) is -1.83. The van der Waals surface area contributed by atoms with Crippen molar-refractivity contribution in [3.8, 4) is 11.5 Å². The lowest BCUT2D eigenvalue weighted by Gasteiger charge is -2.13. The maximum absolute atomic E-state index is 13.0. The second-order valence-electron chi connectivity index (χ2n) is 8.50. The van der Waals surface area contributed by atoms with Crippen molar-refractivity contribution in [3.63, 3.8) is 0 Å². The van der Waals surface area contributed by atoms with Crippen molar-refractivity contribution in [2.45, 2.75) is 26.7 Å². The minimum atomic E-state index is -0.646. The number of ether oxygens (including phenoxy) is 4. The van der Waals surface area contributed by atoms with Crippen LogP contribution in [0.1, 0.15) is 42.6 Å². The van der Waals surface area contributed by atoms with Gasteiger partial charge in [0.1, 0.15) is 6.54 Å². The number of nitrogens with zero attached hydrogens (tertiary/aromatic N) is 1. The highest BCUT2D eigenvalue weighted by molar-refractivity contribution is 8.18. The van der Waals surface area contributed by atoms with Gasteiger partial charge in [-0.15, -0.1) is 0 Å². The number of nitrogens with one attached hydrogen (secondary N) is 1. The Morgan fingerprint density at radius 3 is 2.54 bits per heavy atom. The Bertz CT molecular complexity index is 1360. The zero-order valence-electron chi connectivity index (χ0n) is 22.7. The molecule has 218 valence electrons. The summed E-state index contributed by atoms with van der Waals surface area (Å²) in [4.78, 5) is 62.9. The summed E-state index contributed by atoms with van der Waals surface area (Å²) in [6.07, 6.45) is 3.05. The topological polar surface area (TPSA) is 138 Å². The normalized spacial score (nSPS) is 13.8. The van der Waals surface area contributed by atoms with Crippen LogP contribution in [-0.2, 0) is 23.9 Å². The van der Waals surface area contributed by atoms with Gasteiger partial charge in [0.25, 0.3) is 11.1 Å². The van der Waals surface area contributed by atoms with E-state index >= 15 is 0 Å². The molecule has 3 amide bonds. The molecule has 3 rings (SSSR count). The van der Waals surface area contributed by atoms with Crippen LogP contribution >= 0.6 is 23.4 Å². The molecule has 1 fully saturated rings. The summed E-state index contributed by atoms with van der Waals surface area (Å²) in [7, 11) is 1.25. The summed E-state index contributed by atoms with van der Waals surface area (Å²) in [5.41, 5.74) is 0.874. The molecule has 0 radical (unpaired) electrons. The van der Waals surface area contributed by atoms with E-state index in [0.717, 1.165) is 11.3 Å². The zero-order chi connectivity index (χ0) is 29.9. The molecule has 0 aromatic heterocycles. The molecule has 11 nitrogen and oxygen atoms in total. The average Bonchev–Trinajstić information content (AvgIpc) is 3.20. The number of amides is 3. The second-order valence-corrected chi connectivity index (χ2v) is 9.90. The van der Waals surface area contributed by atoms with Crippen molar-refractivity contribution < 1.29 is 42.9 Å². The van der Waals surface area contributed by atoms with E-state index in [2.05, 4.69) is 10.1 Å². The summed E-state index contributed by atoms with van der Waals surface area (Å²) < 4.78 is 20.8. The fourth-order valence-electron chi connectivity index (χ4n) is 3.48. The van der Waals surface area contributed by atoms with Crippen LogP contribution in [-0.4, -0.2) is 67.4 Å². The second kappa shape index (κ2) is 15.1. The van der Waals surface area contributed by atoms with Gasteiger partial charge in [0, 0.05) is 5.69 Å². The van der Waals surface area contributed by atoms with Crippen molar-refractivity contribution in [2.24, 2.45) is 0 Å². The predicted octanol–water partition coefficient (Wildman–Crippen LogP) is 4.92. The van der Waals surface area contributed by atoms with Crippen LogP contribution in [0.5, 0.6) is 11.5 Å². The number of benzene rings is 2. The molecule has 2 aromatic rings. The Labute approximate surface area is 246 Å². The third-order valence-corrected chi connectivity index (χ3v) is 6.75. The number of hydrogen-bond acceptors (Lipinski definition) is 10. The number of hydrogen-bond donors (Lipinski definition) is 1. The predicted molar refractivity (Wildman–Crippen MR) is 153 cm³/mol. The van der Waals surface area contributed by atoms with Crippen LogP contribution < -0.4 is 14.8 Å². The van der Waals surface area contributed by atoms with Crippen molar-refractivity contribution >= 4 is 64.1 Å². The van der Waals surface area contributed by atoms with Gasteiger partial charge in [-0.3, -0.25) is 19.3 Å². The third-order valence-electron chi connectivity index (χ3n) is 5.51. The summed E-state index contributed by atoms with van der Waals surface area (Å²) in [6.45, 7) is 3.46. The highest BCUT2D eigenvalue weighted by Gasteiger charge is 2.36. The monoisotopic (exact) mass is 604 g/mol. The lowest BCUT2D eigenvalue weighted by Crippen LogP contribution is -2.36. The first kappa shape index (κ1) is 31.5. The Kier molecular flexibility index (Phi) is 11.6. The number of anilines is 1. The average molecular weight is 605 g/mol. The zero-order valence-corrected chi connectivity index (χ0v) is 24.3. The molecule has 41 heavy (non-hydrogen) atoms. The first-order valence-corrected chi connectivity index (χ1v) is 13.8. The van der Waals surface area contributed by atoms with Crippen LogP contribution in [0.25, 0.3) is 6.08 Å². The van der Waals surface area contributed by atoms with Crippen LogP contribution in [0.3, 0.4) is 0 Å². The summed E-state index contributed by atoms with van der Waals surface area (Å²) >= 11 is 6.81. The van der Waals surface area contributed by atoms with E-state index in [1.54, 1.807) is 25.1 Å². The van der Waals surface area contributed by atoms with Gasteiger partial charge in [0.05, 0.1) is 35.8 Å². The number of methoxy groups -OCH3 is 1. The largest absolute Gasteiger partial charge is 0.490 e. The summed E-state index contributed by atoms with van der Waals surface area (Å²) in [5, 5.41) is 2.12. The van der Waals surface area contributed by atoms with Crippen LogP contribution in [0.15, 0.2) is 41.3 Å². The van der Waals surface area contributed by atoms with E-state index in [0.29, 0.717) is 41.9 Å². The van der Waals surface area contributed by atoms with Crippen molar-refractivity contribution in [1.82, 2.24) is 4.90 Å². The van der Waals surface area contributed by atoms with Gasteiger partial charge in [-0.2, -0.15) is 0 Å². The number of esters is 2. The van der Waals surface area contributed by atoms with Crippen LogP contribution in [0.4, 0.5) is 10.5 Å². The van der Waals surface area contributed by atoms with Crippen LogP contribution in [0.2, 0.25) is 5.02 Å². The van der Waals surface area contributed by atoms with E-state index in [4.69, 9.17) is 25.8 Å². The van der Waals surface area contributed by atoms with E-state index < -0.39 is 35.5 Å². The van der Waals surface area contributed by atoms with Gasteiger partial charge in [0.15, 0.2) is 18.1 Å². The Morgan fingerprint density at radius 2 is 1.83 bits per heavy atom. The minimum absolute atomic E-state index is 0.0859. The number of carbonyl (C=O) groups is 5. The number of carbonyl (C=O) groups excluding carboxylic acids is 5. The van der Waals surface area contributed by atoms with Crippen molar-refractivity contribution in [2.75, 3.05) is 38.8 Å². The minimum Gasteiger partial charge on any atom is -0.490 e. The van der Waals surface area contributed by atoms with E-state index in [1.807, 2.05) is 6.92 Å². The van der Waals surface area contributed by atoms with Gasteiger partial charge in [0.2, 0.25) is 5.91 Å². The molecule has 1 saturated heterocycles. The molecule has 13 heteroatoms. The van der Waals surface area contributed by atoms with E-state index in [1.165, 1.54) is 31.4 Å². The number of thioether (sulfide) groups is 1. The molecule has 0 aliphatic carbocycles. The first-order valence-electron chi connectivity index (χ1n) is 12.6.